The first kappa shape index (κ1) is 27.6. The lowest BCUT2D eigenvalue weighted by Gasteiger charge is -2.37. The summed E-state index contributed by atoms with van der Waals surface area (Å²) in [6.07, 6.45) is 1.19. The SMILES string of the molecule is CC(NC(CCc1ccccc1)C(=O)O)C(=O)N1Cc2ccccc2CC1C(=O)OCCCO[N+](=O)[O-]. The fraction of sp³-hybridized carbons (Fsp3) is 0.423. The molecule has 0 saturated heterocycles. The van der Waals surface area contributed by atoms with E-state index in [9.17, 15) is 29.6 Å². The number of hydrogen-bond donors (Lipinski definition) is 2. The minimum Gasteiger partial charge on any atom is -0.480 e. The number of carbonyl (C=O) groups excluding carboxylic acids is 2. The first-order valence-electron chi connectivity index (χ1n) is 12.1. The second-order valence-electron chi connectivity index (χ2n) is 8.84. The lowest BCUT2D eigenvalue weighted by Crippen LogP contribution is -2.56. The zero-order chi connectivity index (χ0) is 26.8. The molecule has 0 spiro atoms. The molecule has 198 valence electrons. The van der Waals surface area contributed by atoms with Gasteiger partial charge in [-0.2, -0.15) is 0 Å². The Morgan fingerprint density at radius 3 is 2.46 bits per heavy atom. The van der Waals surface area contributed by atoms with Gasteiger partial charge in [-0.1, -0.05) is 54.6 Å². The number of amides is 1. The van der Waals surface area contributed by atoms with E-state index in [1.807, 2.05) is 54.6 Å². The third-order valence-electron chi connectivity index (χ3n) is 6.22. The summed E-state index contributed by atoms with van der Waals surface area (Å²) in [5.74, 6) is -2.11. The van der Waals surface area contributed by atoms with Crippen LogP contribution in [0, 0.1) is 10.1 Å². The summed E-state index contributed by atoms with van der Waals surface area (Å²) >= 11 is 0. The number of rotatable bonds is 13. The van der Waals surface area contributed by atoms with Crippen molar-refractivity contribution < 1.29 is 34.2 Å². The van der Waals surface area contributed by atoms with Gasteiger partial charge in [0, 0.05) is 19.4 Å². The summed E-state index contributed by atoms with van der Waals surface area (Å²) < 4.78 is 5.30. The minimum atomic E-state index is -1.06. The van der Waals surface area contributed by atoms with Crippen molar-refractivity contribution in [3.63, 3.8) is 0 Å². The predicted molar refractivity (Wildman–Crippen MR) is 132 cm³/mol. The molecule has 0 bridgehead atoms. The van der Waals surface area contributed by atoms with E-state index in [1.165, 1.54) is 4.90 Å². The van der Waals surface area contributed by atoms with E-state index in [2.05, 4.69) is 10.2 Å². The third-order valence-corrected chi connectivity index (χ3v) is 6.22. The van der Waals surface area contributed by atoms with Gasteiger partial charge in [0.25, 0.3) is 5.09 Å². The topological polar surface area (TPSA) is 148 Å². The average Bonchev–Trinajstić information content (AvgIpc) is 2.89. The number of carboxylic acid groups (broad SMARTS) is 1. The number of benzene rings is 2. The summed E-state index contributed by atoms with van der Waals surface area (Å²) in [5, 5.41) is 22.0. The third kappa shape index (κ3) is 8.01. The number of esters is 1. The van der Waals surface area contributed by atoms with E-state index in [-0.39, 0.29) is 39.0 Å². The van der Waals surface area contributed by atoms with Crippen molar-refractivity contribution in [1.82, 2.24) is 10.2 Å². The van der Waals surface area contributed by atoms with Gasteiger partial charge in [0.15, 0.2) is 0 Å². The van der Waals surface area contributed by atoms with Crippen LogP contribution < -0.4 is 5.32 Å². The molecule has 3 rings (SSSR count). The van der Waals surface area contributed by atoms with Gasteiger partial charge in [-0.3, -0.25) is 14.9 Å². The number of ether oxygens (including phenoxy) is 1. The van der Waals surface area contributed by atoms with Crippen LogP contribution in [0.4, 0.5) is 0 Å². The van der Waals surface area contributed by atoms with Crippen LogP contribution in [0.2, 0.25) is 0 Å². The van der Waals surface area contributed by atoms with Gasteiger partial charge >= 0.3 is 11.9 Å². The predicted octanol–water partition coefficient (Wildman–Crippen LogP) is 2.15. The van der Waals surface area contributed by atoms with E-state index < -0.39 is 41.1 Å². The molecule has 0 fully saturated rings. The monoisotopic (exact) mass is 513 g/mol. The second-order valence-corrected chi connectivity index (χ2v) is 8.84. The molecule has 0 aromatic heterocycles. The van der Waals surface area contributed by atoms with Gasteiger partial charge in [-0.15, -0.1) is 10.1 Å². The van der Waals surface area contributed by atoms with Crippen molar-refractivity contribution in [2.24, 2.45) is 0 Å². The molecule has 1 amide bonds. The molecule has 2 N–H and O–H groups in total. The van der Waals surface area contributed by atoms with Gasteiger partial charge in [0.05, 0.1) is 19.3 Å². The number of fused-ring (bicyclic) bond motifs is 1. The zero-order valence-corrected chi connectivity index (χ0v) is 20.6. The lowest BCUT2D eigenvalue weighted by atomic mass is 9.93. The van der Waals surface area contributed by atoms with Crippen molar-refractivity contribution in [3.05, 3.63) is 81.4 Å². The molecular formula is C26H31N3O8. The van der Waals surface area contributed by atoms with Crippen LogP contribution >= 0.6 is 0 Å². The molecule has 1 aliphatic heterocycles. The van der Waals surface area contributed by atoms with Crippen LogP contribution in [0.5, 0.6) is 0 Å². The van der Waals surface area contributed by atoms with E-state index in [4.69, 9.17) is 4.74 Å². The van der Waals surface area contributed by atoms with E-state index in [1.54, 1.807) is 6.92 Å². The molecule has 0 radical (unpaired) electrons. The number of aryl methyl sites for hydroxylation is 1. The highest BCUT2D eigenvalue weighted by molar-refractivity contribution is 5.88. The van der Waals surface area contributed by atoms with Crippen molar-refractivity contribution in [1.29, 1.82) is 0 Å². The molecule has 3 unspecified atom stereocenters. The van der Waals surface area contributed by atoms with Crippen molar-refractivity contribution in [2.75, 3.05) is 13.2 Å². The van der Waals surface area contributed by atoms with Crippen LogP contribution in [-0.4, -0.2) is 64.3 Å². The zero-order valence-electron chi connectivity index (χ0n) is 20.6. The molecule has 37 heavy (non-hydrogen) atoms. The molecule has 11 heteroatoms. The molecule has 1 aliphatic rings. The maximum Gasteiger partial charge on any atom is 0.329 e. The van der Waals surface area contributed by atoms with Gasteiger partial charge in [-0.05, 0) is 36.5 Å². The fourth-order valence-electron chi connectivity index (χ4n) is 4.29. The van der Waals surface area contributed by atoms with Gasteiger partial charge in [-0.25, -0.2) is 4.79 Å². The molecule has 1 heterocycles. The lowest BCUT2D eigenvalue weighted by molar-refractivity contribution is -0.757. The van der Waals surface area contributed by atoms with Crippen molar-refractivity contribution in [2.45, 2.75) is 57.3 Å². The van der Waals surface area contributed by atoms with Crippen LogP contribution in [0.15, 0.2) is 54.6 Å². The smallest absolute Gasteiger partial charge is 0.329 e. The molecular weight excluding hydrogens is 482 g/mol. The van der Waals surface area contributed by atoms with E-state index in [0.717, 1.165) is 16.7 Å². The van der Waals surface area contributed by atoms with E-state index >= 15 is 0 Å². The Morgan fingerprint density at radius 2 is 1.78 bits per heavy atom. The highest BCUT2D eigenvalue weighted by atomic mass is 16.9. The fourth-order valence-corrected chi connectivity index (χ4v) is 4.29. The summed E-state index contributed by atoms with van der Waals surface area (Å²) in [5.41, 5.74) is 2.80. The summed E-state index contributed by atoms with van der Waals surface area (Å²) in [6, 6.07) is 14.2. The number of carbonyl (C=O) groups is 3. The number of carboxylic acids is 1. The van der Waals surface area contributed by atoms with Crippen molar-refractivity contribution in [3.8, 4) is 0 Å². The summed E-state index contributed by atoms with van der Waals surface area (Å²) in [7, 11) is 0. The normalized spacial score (nSPS) is 16.2. The average molecular weight is 514 g/mol. The first-order valence-corrected chi connectivity index (χ1v) is 12.1. The standard InChI is InChI=1S/C26H31N3O8/c1-18(27-22(25(31)32)13-12-19-8-3-2-4-9-19)24(30)28-17-21-11-6-5-10-20(21)16-23(28)26(33)36-14-7-15-37-29(34)35/h2-6,8-11,18,22-23,27H,7,12-17H2,1H3,(H,31,32). The largest absolute Gasteiger partial charge is 0.480 e. The molecule has 3 atom stereocenters. The number of nitrogens with zero attached hydrogens (tertiary/aromatic N) is 2. The van der Waals surface area contributed by atoms with E-state index in [0.29, 0.717) is 6.42 Å². The molecule has 11 nitrogen and oxygen atoms in total. The molecule has 0 aliphatic carbocycles. The highest BCUT2D eigenvalue weighted by Gasteiger charge is 2.38. The maximum atomic E-state index is 13.5. The second kappa shape index (κ2) is 13.4. The molecule has 0 saturated carbocycles. The van der Waals surface area contributed by atoms with Crippen LogP contribution in [-0.2, 0) is 43.3 Å². The van der Waals surface area contributed by atoms with Gasteiger partial charge < -0.3 is 19.6 Å². The Morgan fingerprint density at radius 1 is 1.11 bits per heavy atom. The molecule has 2 aromatic rings. The minimum absolute atomic E-state index is 0.0960. The first-order chi connectivity index (χ1) is 17.8. The number of hydrogen-bond acceptors (Lipinski definition) is 8. The van der Waals surface area contributed by atoms with Crippen molar-refractivity contribution >= 4 is 17.8 Å². The Kier molecular flexibility index (Phi) is 9.96. The van der Waals surface area contributed by atoms with Gasteiger partial charge in [0.2, 0.25) is 5.91 Å². The van der Waals surface area contributed by atoms with Gasteiger partial charge in [0.1, 0.15) is 12.1 Å². The maximum absolute atomic E-state index is 13.5. The van der Waals surface area contributed by atoms with Crippen LogP contribution in [0.1, 0.15) is 36.5 Å². The number of aliphatic carboxylic acids is 1. The Balaban J connectivity index is 1.67. The summed E-state index contributed by atoms with van der Waals surface area (Å²) in [6.45, 7) is 1.45. The Hall–Kier alpha value is -3.99. The Bertz CT molecular complexity index is 1090. The Labute approximate surface area is 214 Å². The van der Waals surface area contributed by atoms with Crippen LogP contribution in [0.25, 0.3) is 0 Å². The highest BCUT2D eigenvalue weighted by Crippen LogP contribution is 2.25. The quantitative estimate of drug-likeness (QED) is 0.178. The number of nitrogens with one attached hydrogen (secondary N) is 1. The summed E-state index contributed by atoms with van der Waals surface area (Å²) in [4.78, 5) is 54.2. The van der Waals surface area contributed by atoms with Crippen LogP contribution in [0.3, 0.4) is 0 Å². The molecule has 2 aromatic carbocycles.